The molecule has 1 N–H and O–H groups in total. The molecular weight excluding hydrogens is 234 g/mol. The van der Waals surface area contributed by atoms with E-state index in [2.05, 4.69) is 29.1 Å². The summed E-state index contributed by atoms with van der Waals surface area (Å²) in [6.07, 6.45) is 2.36. The summed E-state index contributed by atoms with van der Waals surface area (Å²) in [4.78, 5) is 15.2. The third-order valence-corrected chi connectivity index (χ3v) is 3.21. The maximum absolute atomic E-state index is 10.7. The normalized spacial score (nSPS) is 20.7. The minimum Gasteiger partial charge on any atom is -0.476 e. The molecule has 0 amide bonds. The molecule has 1 saturated heterocycles. The Hall–Kier alpha value is -1.40. The highest BCUT2D eigenvalue weighted by atomic mass is 16.5. The van der Waals surface area contributed by atoms with Gasteiger partial charge in [0.1, 0.15) is 0 Å². The van der Waals surface area contributed by atoms with Crippen LogP contribution < -0.4 is 0 Å². The standard InChI is InChI=1S/C12H19N3O3/c1-14(2)7-9-4-3-5-15(9)8-10-6-11(12(16)17)13-18-10/h6,9H,3-5,7-8H2,1-2H3,(H,16,17). The van der Waals surface area contributed by atoms with E-state index < -0.39 is 5.97 Å². The summed E-state index contributed by atoms with van der Waals surface area (Å²) in [5.74, 6) is -0.422. The Morgan fingerprint density at radius 1 is 1.67 bits per heavy atom. The molecule has 0 radical (unpaired) electrons. The van der Waals surface area contributed by atoms with Gasteiger partial charge in [0, 0.05) is 18.7 Å². The molecule has 0 spiro atoms. The van der Waals surface area contributed by atoms with E-state index in [-0.39, 0.29) is 5.69 Å². The fourth-order valence-electron chi connectivity index (χ4n) is 2.42. The number of carboxylic acid groups (broad SMARTS) is 1. The topological polar surface area (TPSA) is 69.8 Å². The molecule has 2 heterocycles. The van der Waals surface area contributed by atoms with Gasteiger partial charge in [0.05, 0.1) is 6.54 Å². The molecule has 0 aliphatic carbocycles. The molecule has 1 aromatic rings. The van der Waals surface area contributed by atoms with Crippen molar-refractivity contribution in [1.29, 1.82) is 0 Å². The van der Waals surface area contributed by atoms with Gasteiger partial charge in [-0.05, 0) is 33.5 Å². The first-order chi connectivity index (χ1) is 8.56. The first-order valence-electron chi connectivity index (χ1n) is 6.14. The first kappa shape index (κ1) is 13.0. The number of aromatic nitrogens is 1. The average Bonchev–Trinajstić information content (AvgIpc) is 2.89. The van der Waals surface area contributed by atoms with Gasteiger partial charge in [-0.2, -0.15) is 0 Å². The van der Waals surface area contributed by atoms with Crippen LogP contribution in [0.1, 0.15) is 29.1 Å². The highest BCUT2D eigenvalue weighted by Gasteiger charge is 2.26. The number of nitrogens with zero attached hydrogens (tertiary/aromatic N) is 3. The fourth-order valence-corrected chi connectivity index (χ4v) is 2.42. The molecule has 1 fully saturated rings. The zero-order valence-corrected chi connectivity index (χ0v) is 10.8. The molecule has 1 aliphatic rings. The minimum atomic E-state index is -1.05. The largest absolute Gasteiger partial charge is 0.476 e. The van der Waals surface area contributed by atoms with Crippen LogP contribution in [0.3, 0.4) is 0 Å². The van der Waals surface area contributed by atoms with Gasteiger partial charge in [0.15, 0.2) is 11.5 Å². The number of aromatic carboxylic acids is 1. The van der Waals surface area contributed by atoms with Gasteiger partial charge < -0.3 is 14.5 Å². The molecular formula is C12H19N3O3. The second-order valence-electron chi connectivity index (χ2n) is 5.01. The van der Waals surface area contributed by atoms with Crippen molar-refractivity contribution in [2.75, 3.05) is 27.2 Å². The van der Waals surface area contributed by atoms with E-state index >= 15 is 0 Å². The van der Waals surface area contributed by atoms with E-state index in [0.29, 0.717) is 18.3 Å². The zero-order valence-electron chi connectivity index (χ0n) is 10.8. The Balaban J connectivity index is 1.96. The zero-order chi connectivity index (χ0) is 13.1. The monoisotopic (exact) mass is 253 g/mol. The molecule has 6 nitrogen and oxygen atoms in total. The minimum absolute atomic E-state index is 0.0200. The molecule has 1 unspecified atom stereocenters. The summed E-state index contributed by atoms with van der Waals surface area (Å²) in [6.45, 7) is 2.68. The van der Waals surface area contributed by atoms with E-state index in [1.807, 2.05) is 0 Å². The lowest BCUT2D eigenvalue weighted by molar-refractivity contribution is 0.0685. The highest BCUT2D eigenvalue weighted by molar-refractivity contribution is 5.85. The van der Waals surface area contributed by atoms with Crippen LogP contribution in [-0.4, -0.2) is 59.3 Å². The van der Waals surface area contributed by atoms with Crippen molar-refractivity contribution < 1.29 is 14.4 Å². The quantitative estimate of drug-likeness (QED) is 0.840. The molecule has 2 rings (SSSR count). The third-order valence-electron chi connectivity index (χ3n) is 3.21. The molecule has 1 aromatic heterocycles. The van der Waals surface area contributed by atoms with Crippen molar-refractivity contribution in [2.24, 2.45) is 0 Å². The Labute approximate surface area is 106 Å². The summed E-state index contributed by atoms with van der Waals surface area (Å²) in [6, 6.07) is 2.02. The van der Waals surface area contributed by atoms with Crippen LogP contribution in [0.4, 0.5) is 0 Å². The third kappa shape index (κ3) is 3.08. The SMILES string of the molecule is CN(C)CC1CCCN1Cc1cc(C(=O)O)no1. The summed E-state index contributed by atoms with van der Waals surface area (Å²) in [5.41, 5.74) is -0.0200. The van der Waals surface area contributed by atoms with Crippen LogP contribution >= 0.6 is 0 Å². The maximum atomic E-state index is 10.7. The van der Waals surface area contributed by atoms with Crippen molar-refractivity contribution in [3.05, 3.63) is 17.5 Å². The van der Waals surface area contributed by atoms with Crippen LogP contribution in [0.2, 0.25) is 0 Å². The molecule has 100 valence electrons. The highest BCUT2D eigenvalue weighted by Crippen LogP contribution is 2.20. The Bertz CT molecular complexity index is 416. The molecule has 1 aliphatic heterocycles. The Morgan fingerprint density at radius 3 is 3.06 bits per heavy atom. The number of likely N-dealkylation sites (N-methyl/N-ethyl adjacent to an activating group) is 1. The Morgan fingerprint density at radius 2 is 2.44 bits per heavy atom. The van der Waals surface area contributed by atoms with E-state index in [1.165, 1.54) is 18.9 Å². The number of likely N-dealkylation sites (tertiary alicyclic amines) is 1. The molecule has 6 heteroatoms. The molecule has 18 heavy (non-hydrogen) atoms. The van der Waals surface area contributed by atoms with E-state index in [0.717, 1.165) is 13.1 Å². The second kappa shape index (κ2) is 5.49. The summed E-state index contributed by atoms with van der Waals surface area (Å²) in [7, 11) is 4.13. The number of rotatable bonds is 5. The maximum Gasteiger partial charge on any atom is 0.358 e. The predicted octanol–water partition coefficient (Wildman–Crippen LogP) is 0.899. The molecule has 0 bridgehead atoms. The van der Waals surface area contributed by atoms with Crippen molar-refractivity contribution in [3.63, 3.8) is 0 Å². The fraction of sp³-hybridized carbons (Fsp3) is 0.667. The van der Waals surface area contributed by atoms with Gasteiger partial charge in [-0.15, -0.1) is 0 Å². The van der Waals surface area contributed by atoms with Gasteiger partial charge in [-0.3, -0.25) is 4.90 Å². The van der Waals surface area contributed by atoms with Crippen molar-refractivity contribution in [3.8, 4) is 0 Å². The smallest absolute Gasteiger partial charge is 0.358 e. The number of carbonyl (C=O) groups is 1. The average molecular weight is 253 g/mol. The number of hydrogen-bond acceptors (Lipinski definition) is 5. The number of hydrogen-bond donors (Lipinski definition) is 1. The van der Waals surface area contributed by atoms with Crippen LogP contribution in [0.25, 0.3) is 0 Å². The number of carboxylic acids is 1. The van der Waals surface area contributed by atoms with Gasteiger partial charge in [0.25, 0.3) is 0 Å². The second-order valence-corrected chi connectivity index (χ2v) is 5.01. The summed E-state index contributed by atoms with van der Waals surface area (Å²) < 4.78 is 5.06. The van der Waals surface area contributed by atoms with Crippen LogP contribution in [0.15, 0.2) is 10.6 Å². The lowest BCUT2D eigenvalue weighted by Crippen LogP contribution is -2.36. The summed E-state index contributed by atoms with van der Waals surface area (Å²) >= 11 is 0. The van der Waals surface area contributed by atoms with Crippen LogP contribution in [-0.2, 0) is 6.54 Å². The van der Waals surface area contributed by atoms with Crippen molar-refractivity contribution in [2.45, 2.75) is 25.4 Å². The van der Waals surface area contributed by atoms with E-state index in [4.69, 9.17) is 9.63 Å². The first-order valence-corrected chi connectivity index (χ1v) is 6.14. The summed E-state index contributed by atoms with van der Waals surface area (Å²) in [5, 5.41) is 12.3. The van der Waals surface area contributed by atoms with Crippen LogP contribution in [0.5, 0.6) is 0 Å². The van der Waals surface area contributed by atoms with Gasteiger partial charge in [-0.25, -0.2) is 4.79 Å². The lowest BCUT2D eigenvalue weighted by atomic mass is 10.2. The van der Waals surface area contributed by atoms with Crippen LogP contribution in [0, 0.1) is 0 Å². The van der Waals surface area contributed by atoms with Crippen molar-refractivity contribution >= 4 is 5.97 Å². The Kier molecular flexibility index (Phi) is 3.98. The van der Waals surface area contributed by atoms with Gasteiger partial charge in [-0.1, -0.05) is 5.16 Å². The van der Waals surface area contributed by atoms with E-state index in [1.54, 1.807) is 0 Å². The molecule has 1 atom stereocenters. The van der Waals surface area contributed by atoms with Gasteiger partial charge >= 0.3 is 5.97 Å². The molecule has 0 aromatic carbocycles. The predicted molar refractivity (Wildman–Crippen MR) is 65.4 cm³/mol. The van der Waals surface area contributed by atoms with E-state index in [9.17, 15) is 4.79 Å². The lowest BCUT2D eigenvalue weighted by Gasteiger charge is -2.25. The van der Waals surface area contributed by atoms with Gasteiger partial charge in [0.2, 0.25) is 0 Å². The van der Waals surface area contributed by atoms with Crippen molar-refractivity contribution in [1.82, 2.24) is 15.0 Å². The molecule has 0 saturated carbocycles.